The normalized spacial score (nSPS) is 11.3. The minimum atomic E-state index is 1.11. The maximum atomic E-state index is 2.44. The second-order valence-corrected chi connectivity index (χ2v) is 12.6. The van der Waals surface area contributed by atoms with Gasteiger partial charge in [-0.15, -0.1) is 0 Å². The minimum Gasteiger partial charge on any atom is -0.310 e. The molecule has 0 unspecified atom stereocenters. The summed E-state index contributed by atoms with van der Waals surface area (Å²) in [5, 5.41) is 7.35. The number of rotatable bonds is 6. The first kappa shape index (κ1) is 28.8. The number of benzene rings is 9. The Bertz CT molecular complexity index is 2550. The maximum absolute atomic E-state index is 2.44. The Balaban J connectivity index is 1.30. The van der Waals surface area contributed by atoms with E-state index in [9.17, 15) is 0 Å². The molecule has 0 bridgehead atoms. The Morgan fingerprint density at radius 3 is 1.41 bits per heavy atom. The van der Waals surface area contributed by atoms with Gasteiger partial charge in [0.25, 0.3) is 0 Å². The van der Waals surface area contributed by atoms with Crippen LogP contribution >= 0.6 is 0 Å². The summed E-state index contributed by atoms with van der Waals surface area (Å²) in [6, 6.07) is 72.7. The predicted octanol–water partition coefficient (Wildman–Crippen LogP) is 13.6. The highest BCUT2D eigenvalue weighted by Crippen LogP contribution is 2.43. The molecule has 0 amide bonds. The van der Waals surface area contributed by atoms with E-state index in [0.29, 0.717) is 0 Å². The quantitative estimate of drug-likeness (QED) is 0.178. The third-order valence-corrected chi connectivity index (χ3v) is 9.56. The summed E-state index contributed by atoms with van der Waals surface area (Å²) in [4.78, 5) is 2.44. The summed E-state index contributed by atoms with van der Waals surface area (Å²) in [5.41, 5.74) is 10.5. The van der Waals surface area contributed by atoms with Crippen molar-refractivity contribution in [2.75, 3.05) is 4.90 Å². The highest BCUT2D eigenvalue weighted by Gasteiger charge is 2.19. The average Bonchev–Trinajstić information content (AvgIpc) is 3.18. The molecule has 9 aromatic rings. The first-order chi connectivity index (χ1) is 24.3. The molecular formula is C48H33N. The van der Waals surface area contributed by atoms with Gasteiger partial charge in [0.2, 0.25) is 0 Å². The zero-order valence-electron chi connectivity index (χ0n) is 27.0. The molecule has 0 heterocycles. The van der Waals surface area contributed by atoms with Crippen LogP contribution in [-0.2, 0) is 0 Å². The first-order valence-electron chi connectivity index (χ1n) is 16.8. The number of hydrogen-bond donors (Lipinski definition) is 0. The molecule has 230 valence electrons. The Hall–Kier alpha value is -6.44. The maximum Gasteiger partial charge on any atom is 0.0540 e. The lowest BCUT2D eigenvalue weighted by Gasteiger charge is -2.28. The van der Waals surface area contributed by atoms with E-state index in [1.807, 2.05) is 0 Å². The van der Waals surface area contributed by atoms with E-state index >= 15 is 0 Å². The highest BCUT2D eigenvalue weighted by molar-refractivity contribution is 6.03. The van der Waals surface area contributed by atoms with Crippen LogP contribution in [0.1, 0.15) is 0 Å². The van der Waals surface area contributed by atoms with Gasteiger partial charge in [-0.25, -0.2) is 0 Å². The number of hydrogen-bond acceptors (Lipinski definition) is 1. The third kappa shape index (κ3) is 5.52. The van der Waals surface area contributed by atoms with Crippen molar-refractivity contribution in [1.82, 2.24) is 0 Å². The van der Waals surface area contributed by atoms with Crippen LogP contribution in [0.3, 0.4) is 0 Å². The van der Waals surface area contributed by atoms with Crippen LogP contribution in [0.2, 0.25) is 0 Å². The van der Waals surface area contributed by atoms with E-state index in [4.69, 9.17) is 0 Å². The van der Waals surface area contributed by atoms with Crippen molar-refractivity contribution < 1.29 is 0 Å². The SMILES string of the molecule is c1ccc(-c2cc(-c3ccccc3)cc(N(c3ccc4ccccc4c3)c3cccc4ccc(-c5ccc6ccccc6c5)cc34)c2)cc1. The molecule has 0 aliphatic rings. The molecule has 49 heavy (non-hydrogen) atoms. The van der Waals surface area contributed by atoms with Gasteiger partial charge in [0.05, 0.1) is 5.69 Å². The second kappa shape index (κ2) is 12.3. The monoisotopic (exact) mass is 623 g/mol. The molecule has 0 fully saturated rings. The van der Waals surface area contributed by atoms with Crippen LogP contribution in [0, 0.1) is 0 Å². The summed E-state index contributed by atoms with van der Waals surface area (Å²) < 4.78 is 0. The lowest BCUT2D eigenvalue weighted by atomic mass is 9.96. The minimum absolute atomic E-state index is 1.11. The molecule has 0 aliphatic heterocycles. The summed E-state index contributed by atoms with van der Waals surface area (Å²) in [5.74, 6) is 0. The molecule has 0 N–H and O–H groups in total. The standard InChI is InChI=1S/C48H33N/c1-3-12-34(13-4-1)43-29-44(35-14-5-2-6-15-35)32-46(31-43)49(45-27-26-37-17-8-10-19-40(37)30-45)48-21-11-20-38-23-25-42(33-47(38)48)41-24-22-36-16-7-9-18-39(36)28-41/h1-33H. The molecule has 0 aliphatic carbocycles. The molecule has 0 saturated carbocycles. The zero-order chi connectivity index (χ0) is 32.6. The van der Waals surface area contributed by atoms with Crippen molar-refractivity contribution in [2.24, 2.45) is 0 Å². The molecule has 0 atom stereocenters. The largest absolute Gasteiger partial charge is 0.310 e. The van der Waals surface area contributed by atoms with Crippen LogP contribution in [0.25, 0.3) is 65.7 Å². The van der Waals surface area contributed by atoms with Gasteiger partial charge in [0, 0.05) is 16.8 Å². The van der Waals surface area contributed by atoms with Crippen molar-refractivity contribution in [3.8, 4) is 33.4 Å². The van der Waals surface area contributed by atoms with Gasteiger partial charge in [-0.1, -0.05) is 152 Å². The second-order valence-electron chi connectivity index (χ2n) is 12.6. The molecule has 0 aromatic heterocycles. The van der Waals surface area contributed by atoms with E-state index in [-0.39, 0.29) is 0 Å². The molecule has 9 aromatic carbocycles. The van der Waals surface area contributed by atoms with Gasteiger partial charge in [0.1, 0.15) is 0 Å². The molecule has 0 saturated heterocycles. The van der Waals surface area contributed by atoms with E-state index < -0.39 is 0 Å². The van der Waals surface area contributed by atoms with Crippen LogP contribution in [-0.4, -0.2) is 0 Å². The molecular weight excluding hydrogens is 591 g/mol. The van der Waals surface area contributed by atoms with E-state index in [1.165, 1.54) is 65.7 Å². The van der Waals surface area contributed by atoms with Crippen molar-refractivity contribution in [3.05, 3.63) is 200 Å². The van der Waals surface area contributed by atoms with E-state index in [2.05, 4.69) is 205 Å². The van der Waals surface area contributed by atoms with Crippen molar-refractivity contribution in [2.45, 2.75) is 0 Å². The van der Waals surface area contributed by atoms with Crippen molar-refractivity contribution in [1.29, 1.82) is 0 Å². The first-order valence-corrected chi connectivity index (χ1v) is 16.8. The fourth-order valence-electron chi connectivity index (χ4n) is 7.08. The topological polar surface area (TPSA) is 3.24 Å². The number of nitrogens with zero attached hydrogens (tertiary/aromatic N) is 1. The van der Waals surface area contributed by atoms with Gasteiger partial charge in [-0.2, -0.15) is 0 Å². The molecule has 0 spiro atoms. The van der Waals surface area contributed by atoms with Crippen LogP contribution in [0.5, 0.6) is 0 Å². The Kier molecular flexibility index (Phi) is 7.22. The Morgan fingerprint density at radius 1 is 0.245 bits per heavy atom. The summed E-state index contributed by atoms with van der Waals surface area (Å²) in [6.07, 6.45) is 0. The van der Waals surface area contributed by atoms with Crippen LogP contribution in [0.4, 0.5) is 17.1 Å². The number of fused-ring (bicyclic) bond motifs is 3. The molecule has 9 rings (SSSR count). The number of anilines is 3. The van der Waals surface area contributed by atoms with Gasteiger partial charge >= 0.3 is 0 Å². The highest BCUT2D eigenvalue weighted by atomic mass is 15.1. The third-order valence-electron chi connectivity index (χ3n) is 9.56. The summed E-state index contributed by atoms with van der Waals surface area (Å²) in [6.45, 7) is 0. The van der Waals surface area contributed by atoms with Gasteiger partial charge < -0.3 is 4.90 Å². The molecule has 0 radical (unpaired) electrons. The van der Waals surface area contributed by atoms with Crippen LogP contribution in [0.15, 0.2) is 200 Å². The van der Waals surface area contributed by atoms with Gasteiger partial charge in [0.15, 0.2) is 0 Å². The lowest BCUT2D eigenvalue weighted by Crippen LogP contribution is -2.11. The summed E-state index contributed by atoms with van der Waals surface area (Å²) >= 11 is 0. The van der Waals surface area contributed by atoms with E-state index in [0.717, 1.165) is 17.1 Å². The van der Waals surface area contributed by atoms with Crippen LogP contribution < -0.4 is 4.90 Å². The smallest absolute Gasteiger partial charge is 0.0540 e. The zero-order valence-corrected chi connectivity index (χ0v) is 27.0. The van der Waals surface area contributed by atoms with Gasteiger partial charge in [-0.3, -0.25) is 0 Å². The van der Waals surface area contributed by atoms with Crippen molar-refractivity contribution in [3.63, 3.8) is 0 Å². The fourth-order valence-corrected chi connectivity index (χ4v) is 7.08. The van der Waals surface area contributed by atoms with E-state index in [1.54, 1.807) is 0 Å². The molecule has 1 nitrogen and oxygen atoms in total. The average molecular weight is 624 g/mol. The summed E-state index contributed by atoms with van der Waals surface area (Å²) in [7, 11) is 0. The Labute approximate surface area is 287 Å². The predicted molar refractivity (Wildman–Crippen MR) is 210 cm³/mol. The molecule has 1 heteroatoms. The fraction of sp³-hybridized carbons (Fsp3) is 0. The Morgan fingerprint density at radius 2 is 0.755 bits per heavy atom. The van der Waals surface area contributed by atoms with Crippen molar-refractivity contribution >= 4 is 49.4 Å². The van der Waals surface area contributed by atoms with Gasteiger partial charge in [-0.05, 0) is 109 Å². The lowest BCUT2D eigenvalue weighted by molar-refractivity contribution is 1.30.